The highest BCUT2D eigenvalue weighted by Gasteiger charge is 2.04. The molecule has 0 aliphatic heterocycles. The smallest absolute Gasteiger partial charge is 0.224 e. The second-order valence-electron chi connectivity index (χ2n) is 3.51. The first kappa shape index (κ1) is 11.7. The van der Waals surface area contributed by atoms with E-state index in [1.54, 1.807) is 7.11 Å². The monoisotopic (exact) mass is 207 g/mol. The summed E-state index contributed by atoms with van der Waals surface area (Å²) in [5.41, 5.74) is 1.03. The molecule has 1 unspecified atom stereocenters. The molecular formula is C12H17NO2. The van der Waals surface area contributed by atoms with E-state index in [4.69, 9.17) is 4.74 Å². The third-order valence-electron chi connectivity index (χ3n) is 2.20. The van der Waals surface area contributed by atoms with E-state index in [1.165, 1.54) is 0 Å². The first-order valence-electron chi connectivity index (χ1n) is 5.06. The van der Waals surface area contributed by atoms with Crippen LogP contribution in [0.25, 0.3) is 0 Å². The lowest BCUT2D eigenvalue weighted by Gasteiger charge is -2.10. The van der Waals surface area contributed by atoms with Crippen molar-refractivity contribution in [1.29, 1.82) is 0 Å². The fourth-order valence-electron chi connectivity index (χ4n) is 1.18. The Morgan fingerprint density at radius 3 is 2.67 bits per heavy atom. The van der Waals surface area contributed by atoms with Crippen LogP contribution in [0.15, 0.2) is 30.3 Å². The molecule has 0 radical (unpaired) electrons. The molecule has 82 valence electrons. The maximum atomic E-state index is 11.5. The van der Waals surface area contributed by atoms with Gasteiger partial charge in [0, 0.05) is 13.7 Å². The van der Waals surface area contributed by atoms with Gasteiger partial charge in [-0.15, -0.1) is 0 Å². The summed E-state index contributed by atoms with van der Waals surface area (Å²) >= 11 is 0. The third kappa shape index (κ3) is 4.61. The molecular weight excluding hydrogens is 190 g/mol. The molecule has 1 aromatic rings. The highest BCUT2D eigenvalue weighted by atomic mass is 16.5. The number of hydrogen-bond acceptors (Lipinski definition) is 2. The zero-order valence-electron chi connectivity index (χ0n) is 9.19. The fraction of sp³-hybridized carbons (Fsp3) is 0.417. The molecule has 0 fully saturated rings. The molecule has 0 saturated heterocycles. The Bertz CT molecular complexity index is 298. The van der Waals surface area contributed by atoms with E-state index in [-0.39, 0.29) is 12.0 Å². The van der Waals surface area contributed by atoms with Crippen LogP contribution < -0.4 is 5.32 Å². The zero-order chi connectivity index (χ0) is 11.1. The topological polar surface area (TPSA) is 38.3 Å². The largest absolute Gasteiger partial charge is 0.380 e. The van der Waals surface area contributed by atoms with Crippen LogP contribution in [-0.4, -0.2) is 25.7 Å². The van der Waals surface area contributed by atoms with E-state index < -0.39 is 0 Å². The lowest BCUT2D eigenvalue weighted by atomic mass is 10.1. The van der Waals surface area contributed by atoms with Gasteiger partial charge in [0.1, 0.15) is 0 Å². The van der Waals surface area contributed by atoms with E-state index in [1.807, 2.05) is 37.3 Å². The third-order valence-corrected chi connectivity index (χ3v) is 2.20. The molecule has 3 nitrogen and oxygen atoms in total. The van der Waals surface area contributed by atoms with Crippen molar-refractivity contribution < 1.29 is 9.53 Å². The molecule has 0 aromatic heterocycles. The molecule has 1 rings (SSSR count). The molecule has 0 heterocycles. The highest BCUT2D eigenvalue weighted by Crippen LogP contribution is 1.99. The van der Waals surface area contributed by atoms with Crippen LogP contribution in [0, 0.1) is 0 Å². The van der Waals surface area contributed by atoms with Crippen LogP contribution in [0.3, 0.4) is 0 Å². The van der Waals surface area contributed by atoms with Crippen molar-refractivity contribution in [3.63, 3.8) is 0 Å². The molecule has 0 saturated carbocycles. The molecule has 3 heteroatoms. The average Bonchev–Trinajstić information content (AvgIpc) is 2.27. The molecule has 15 heavy (non-hydrogen) atoms. The Labute approximate surface area is 90.4 Å². The van der Waals surface area contributed by atoms with Crippen LogP contribution in [0.1, 0.15) is 12.5 Å². The second-order valence-corrected chi connectivity index (χ2v) is 3.51. The molecule has 1 amide bonds. The number of carbonyl (C=O) groups is 1. The number of carbonyl (C=O) groups excluding carboxylic acids is 1. The van der Waals surface area contributed by atoms with Crippen molar-refractivity contribution in [2.75, 3.05) is 13.7 Å². The highest BCUT2D eigenvalue weighted by molar-refractivity contribution is 5.78. The number of ether oxygens (including phenoxy) is 1. The van der Waals surface area contributed by atoms with Gasteiger partial charge < -0.3 is 10.1 Å². The van der Waals surface area contributed by atoms with Crippen molar-refractivity contribution in [1.82, 2.24) is 5.32 Å². The average molecular weight is 207 g/mol. The summed E-state index contributed by atoms with van der Waals surface area (Å²) in [7, 11) is 1.63. The molecule has 1 atom stereocenters. The fourth-order valence-corrected chi connectivity index (χ4v) is 1.18. The summed E-state index contributed by atoms with van der Waals surface area (Å²) in [4.78, 5) is 11.5. The zero-order valence-corrected chi connectivity index (χ0v) is 9.19. The number of hydrogen-bond donors (Lipinski definition) is 1. The van der Waals surface area contributed by atoms with E-state index in [9.17, 15) is 4.79 Å². The van der Waals surface area contributed by atoms with Crippen LogP contribution in [0.4, 0.5) is 0 Å². The predicted octanol–water partition coefficient (Wildman–Crippen LogP) is 1.38. The molecule has 0 aliphatic rings. The maximum absolute atomic E-state index is 11.5. The van der Waals surface area contributed by atoms with Crippen molar-refractivity contribution in [3.8, 4) is 0 Å². The van der Waals surface area contributed by atoms with Gasteiger partial charge in [-0.2, -0.15) is 0 Å². The number of nitrogens with one attached hydrogen (secondary N) is 1. The van der Waals surface area contributed by atoms with Gasteiger partial charge in [0.2, 0.25) is 5.91 Å². The normalized spacial score (nSPS) is 12.1. The van der Waals surface area contributed by atoms with Crippen molar-refractivity contribution >= 4 is 5.91 Å². The lowest BCUT2D eigenvalue weighted by molar-refractivity contribution is -0.120. The molecule has 1 N–H and O–H groups in total. The quantitative estimate of drug-likeness (QED) is 0.792. The Morgan fingerprint density at radius 2 is 2.07 bits per heavy atom. The van der Waals surface area contributed by atoms with E-state index >= 15 is 0 Å². The van der Waals surface area contributed by atoms with E-state index in [0.29, 0.717) is 13.0 Å². The van der Waals surface area contributed by atoms with E-state index in [2.05, 4.69) is 5.32 Å². The second kappa shape index (κ2) is 6.19. The number of amides is 1. The van der Waals surface area contributed by atoms with Crippen LogP contribution in [0.5, 0.6) is 0 Å². The maximum Gasteiger partial charge on any atom is 0.224 e. The van der Waals surface area contributed by atoms with Gasteiger partial charge in [-0.25, -0.2) is 0 Å². The Kier molecular flexibility index (Phi) is 4.84. The van der Waals surface area contributed by atoms with Gasteiger partial charge >= 0.3 is 0 Å². The SMILES string of the molecule is COC(C)CNC(=O)Cc1ccccc1. The van der Waals surface area contributed by atoms with Crippen molar-refractivity contribution in [2.24, 2.45) is 0 Å². The number of benzene rings is 1. The molecule has 0 aliphatic carbocycles. The summed E-state index contributed by atoms with van der Waals surface area (Å²) in [6.45, 7) is 2.48. The Morgan fingerprint density at radius 1 is 1.40 bits per heavy atom. The summed E-state index contributed by atoms with van der Waals surface area (Å²) in [6, 6.07) is 9.69. The van der Waals surface area contributed by atoms with E-state index in [0.717, 1.165) is 5.56 Å². The minimum absolute atomic E-state index is 0.0325. The Balaban J connectivity index is 2.31. The van der Waals surface area contributed by atoms with Gasteiger partial charge in [-0.05, 0) is 12.5 Å². The van der Waals surface area contributed by atoms with Gasteiger partial charge in [-0.3, -0.25) is 4.79 Å². The van der Waals surface area contributed by atoms with Crippen LogP contribution in [0.2, 0.25) is 0 Å². The first-order chi connectivity index (χ1) is 7.22. The summed E-state index contributed by atoms with van der Waals surface area (Å²) < 4.78 is 5.04. The predicted molar refractivity (Wildman–Crippen MR) is 59.6 cm³/mol. The molecule has 0 bridgehead atoms. The number of rotatable bonds is 5. The van der Waals surface area contributed by atoms with Gasteiger partial charge in [-0.1, -0.05) is 30.3 Å². The standard InChI is InChI=1S/C12H17NO2/c1-10(15-2)9-13-12(14)8-11-6-4-3-5-7-11/h3-7,10H,8-9H2,1-2H3,(H,13,14). The van der Waals surface area contributed by atoms with Gasteiger partial charge in [0.05, 0.1) is 12.5 Å². The summed E-state index contributed by atoms with van der Waals surface area (Å²) in [5, 5.41) is 2.82. The van der Waals surface area contributed by atoms with Crippen LogP contribution >= 0.6 is 0 Å². The lowest BCUT2D eigenvalue weighted by Crippen LogP contribution is -2.32. The van der Waals surface area contributed by atoms with Crippen molar-refractivity contribution in [2.45, 2.75) is 19.4 Å². The minimum atomic E-state index is 0.0325. The first-order valence-corrected chi connectivity index (χ1v) is 5.06. The molecule has 0 spiro atoms. The van der Waals surface area contributed by atoms with Crippen molar-refractivity contribution in [3.05, 3.63) is 35.9 Å². The summed E-state index contributed by atoms with van der Waals surface area (Å²) in [5.74, 6) is 0.0325. The van der Waals surface area contributed by atoms with Crippen LogP contribution in [-0.2, 0) is 16.0 Å². The Hall–Kier alpha value is -1.35. The molecule has 1 aromatic carbocycles. The summed E-state index contributed by atoms with van der Waals surface area (Å²) in [6.07, 6.45) is 0.488. The number of methoxy groups -OCH3 is 1. The minimum Gasteiger partial charge on any atom is -0.380 e. The van der Waals surface area contributed by atoms with Gasteiger partial charge in [0.15, 0.2) is 0 Å². The van der Waals surface area contributed by atoms with Gasteiger partial charge in [0.25, 0.3) is 0 Å².